The smallest absolute Gasteiger partial charge is 0.254 e. The van der Waals surface area contributed by atoms with Gasteiger partial charge in [-0.2, -0.15) is 0 Å². The fourth-order valence-corrected chi connectivity index (χ4v) is 5.12. The van der Waals surface area contributed by atoms with E-state index in [-0.39, 0.29) is 24.6 Å². The maximum Gasteiger partial charge on any atom is 0.254 e. The lowest BCUT2D eigenvalue weighted by Gasteiger charge is -2.40. The van der Waals surface area contributed by atoms with E-state index >= 15 is 0 Å². The Morgan fingerprint density at radius 3 is 2.69 bits per heavy atom. The van der Waals surface area contributed by atoms with E-state index in [1.165, 1.54) is 17.8 Å². The summed E-state index contributed by atoms with van der Waals surface area (Å²) in [5.41, 5.74) is 2.22. The zero-order chi connectivity index (χ0) is 24.2. The molecule has 0 aliphatic carbocycles. The van der Waals surface area contributed by atoms with E-state index in [2.05, 4.69) is 20.1 Å². The molecule has 0 radical (unpaired) electrons. The van der Waals surface area contributed by atoms with Gasteiger partial charge in [0.2, 0.25) is 6.79 Å². The number of anilines is 1. The zero-order valence-electron chi connectivity index (χ0n) is 19.4. The molecule has 1 amide bonds. The number of fused-ring (bicyclic) bond motifs is 1. The van der Waals surface area contributed by atoms with Crippen LogP contribution in [0.5, 0.6) is 11.5 Å². The molecule has 7 nitrogen and oxygen atoms in total. The highest BCUT2D eigenvalue weighted by molar-refractivity contribution is 7.98. The third-order valence-corrected chi connectivity index (χ3v) is 7.11. The molecule has 2 aromatic carbocycles. The number of piperazine rings is 1. The summed E-state index contributed by atoms with van der Waals surface area (Å²) in [7, 11) is 0. The number of halogens is 1. The van der Waals surface area contributed by atoms with Gasteiger partial charge < -0.3 is 19.7 Å². The second kappa shape index (κ2) is 10.5. The van der Waals surface area contributed by atoms with Crippen molar-refractivity contribution in [2.75, 3.05) is 50.7 Å². The van der Waals surface area contributed by atoms with Gasteiger partial charge in [-0.1, -0.05) is 18.2 Å². The summed E-state index contributed by atoms with van der Waals surface area (Å²) >= 11 is 1.45. The van der Waals surface area contributed by atoms with Crippen molar-refractivity contribution < 1.29 is 18.7 Å². The lowest BCUT2D eigenvalue weighted by molar-refractivity contribution is 0.0926. The maximum atomic E-state index is 14.3. The van der Waals surface area contributed by atoms with E-state index in [1.807, 2.05) is 36.6 Å². The molecule has 1 N–H and O–H groups in total. The van der Waals surface area contributed by atoms with Crippen LogP contribution < -0.4 is 19.7 Å². The summed E-state index contributed by atoms with van der Waals surface area (Å²) in [4.78, 5) is 21.7. The van der Waals surface area contributed by atoms with Gasteiger partial charge in [-0.15, -0.1) is 11.8 Å². The minimum atomic E-state index is -0.207. The molecule has 5 rings (SSSR count). The predicted octanol–water partition coefficient (Wildman–Crippen LogP) is 3.96. The molecule has 182 valence electrons. The Hall–Kier alpha value is -3.30. The Bertz CT molecular complexity index is 1200. The van der Waals surface area contributed by atoms with E-state index in [0.29, 0.717) is 41.7 Å². The standard InChI is InChI=1S/C26H27FN4O3S/c1-35-26-19(5-4-10-28-26)25(32)29-16-22(18-8-9-23-24(15-18)34-17-33-23)31-13-11-30(12-14-31)21-7-3-2-6-20(21)27/h2-10,15,22H,11-14,16-17H2,1H3,(H,29,32)/t22-/m0/s1. The number of amides is 1. The first-order valence-electron chi connectivity index (χ1n) is 11.5. The number of hydrogen-bond donors (Lipinski definition) is 1. The number of carbonyl (C=O) groups is 1. The van der Waals surface area contributed by atoms with Gasteiger partial charge >= 0.3 is 0 Å². The molecule has 1 aromatic heterocycles. The molecule has 1 fully saturated rings. The largest absolute Gasteiger partial charge is 0.454 e. The molecular weight excluding hydrogens is 467 g/mol. The highest BCUT2D eigenvalue weighted by Crippen LogP contribution is 2.36. The molecule has 0 bridgehead atoms. The van der Waals surface area contributed by atoms with Gasteiger partial charge in [0, 0.05) is 38.9 Å². The second-order valence-electron chi connectivity index (χ2n) is 8.37. The lowest BCUT2D eigenvalue weighted by atomic mass is 10.0. The van der Waals surface area contributed by atoms with E-state index in [9.17, 15) is 9.18 Å². The van der Waals surface area contributed by atoms with Crippen molar-refractivity contribution in [2.24, 2.45) is 0 Å². The molecule has 3 heterocycles. The third-order valence-electron chi connectivity index (χ3n) is 6.39. The number of rotatable bonds is 7. The summed E-state index contributed by atoms with van der Waals surface area (Å²) in [6, 6.07) is 16.3. The summed E-state index contributed by atoms with van der Waals surface area (Å²) in [6.07, 6.45) is 3.59. The van der Waals surface area contributed by atoms with Crippen molar-refractivity contribution in [1.29, 1.82) is 0 Å². The van der Waals surface area contributed by atoms with E-state index in [1.54, 1.807) is 24.4 Å². The zero-order valence-corrected chi connectivity index (χ0v) is 20.3. The Morgan fingerprint density at radius 2 is 1.89 bits per heavy atom. The van der Waals surface area contributed by atoms with Crippen LogP contribution in [0.4, 0.5) is 10.1 Å². The molecule has 3 aromatic rings. The Morgan fingerprint density at radius 1 is 1.09 bits per heavy atom. The highest BCUT2D eigenvalue weighted by Gasteiger charge is 2.28. The number of hydrogen-bond acceptors (Lipinski definition) is 7. The molecule has 0 saturated carbocycles. The van der Waals surface area contributed by atoms with Gasteiger partial charge in [0.05, 0.1) is 17.3 Å². The van der Waals surface area contributed by atoms with Crippen LogP contribution >= 0.6 is 11.8 Å². The monoisotopic (exact) mass is 494 g/mol. The van der Waals surface area contributed by atoms with Crippen LogP contribution in [-0.4, -0.2) is 61.6 Å². The van der Waals surface area contributed by atoms with Crippen molar-refractivity contribution in [3.8, 4) is 11.5 Å². The van der Waals surface area contributed by atoms with E-state index < -0.39 is 0 Å². The Kier molecular flexibility index (Phi) is 7.06. The van der Waals surface area contributed by atoms with Crippen molar-refractivity contribution in [3.05, 3.63) is 77.7 Å². The second-order valence-corrected chi connectivity index (χ2v) is 9.17. The number of nitrogens with zero attached hydrogens (tertiary/aromatic N) is 3. The minimum Gasteiger partial charge on any atom is -0.454 e. The average Bonchev–Trinajstić information content (AvgIpc) is 3.37. The van der Waals surface area contributed by atoms with Crippen LogP contribution in [-0.2, 0) is 0 Å². The number of thioether (sulfide) groups is 1. The normalized spacial score (nSPS) is 16.2. The fraction of sp³-hybridized carbons (Fsp3) is 0.308. The van der Waals surface area contributed by atoms with Crippen LogP contribution in [0.15, 0.2) is 65.8 Å². The number of benzene rings is 2. The molecule has 1 atom stereocenters. The Labute approximate surface area is 208 Å². The lowest BCUT2D eigenvalue weighted by Crippen LogP contribution is -2.50. The summed E-state index contributed by atoms with van der Waals surface area (Å²) < 4.78 is 25.4. The van der Waals surface area contributed by atoms with Gasteiger partial charge in [0.15, 0.2) is 11.5 Å². The topological polar surface area (TPSA) is 66.9 Å². The molecule has 1 saturated heterocycles. The van der Waals surface area contributed by atoms with Gasteiger partial charge in [-0.05, 0) is 48.2 Å². The van der Waals surface area contributed by atoms with Crippen molar-refractivity contribution >= 4 is 23.4 Å². The van der Waals surface area contributed by atoms with Crippen molar-refractivity contribution in [1.82, 2.24) is 15.2 Å². The van der Waals surface area contributed by atoms with Gasteiger partial charge in [-0.25, -0.2) is 9.37 Å². The first-order valence-corrected chi connectivity index (χ1v) is 12.8. The number of carbonyl (C=O) groups excluding carboxylic acids is 1. The van der Waals surface area contributed by atoms with Crippen molar-refractivity contribution in [3.63, 3.8) is 0 Å². The van der Waals surface area contributed by atoms with Crippen molar-refractivity contribution in [2.45, 2.75) is 11.1 Å². The molecule has 2 aliphatic rings. The number of pyridine rings is 1. The number of nitrogens with one attached hydrogen (secondary N) is 1. The molecule has 2 aliphatic heterocycles. The van der Waals surface area contributed by atoms with E-state index in [0.717, 1.165) is 24.4 Å². The molecule has 0 unspecified atom stereocenters. The van der Waals surface area contributed by atoms with Gasteiger partial charge in [0.25, 0.3) is 5.91 Å². The Balaban J connectivity index is 1.34. The minimum absolute atomic E-state index is 0.0781. The van der Waals surface area contributed by atoms with Gasteiger partial charge in [0.1, 0.15) is 10.8 Å². The number of para-hydroxylation sites is 1. The van der Waals surface area contributed by atoms with Crippen LogP contribution in [0, 0.1) is 5.82 Å². The predicted molar refractivity (Wildman–Crippen MR) is 134 cm³/mol. The summed E-state index contributed by atoms with van der Waals surface area (Å²) in [5.74, 6) is 1.07. The van der Waals surface area contributed by atoms with Crippen LogP contribution in [0.25, 0.3) is 0 Å². The summed E-state index contributed by atoms with van der Waals surface area (Å²) in [5, 5.41) is 3.81. The number of ether oxygens (including phenoxy) is 2. The van der Waals surface area contributed by atoms with Crippen LogP contribution in [0.3, 0.4) is 0 Å². The highest BCUT2D eigenvalue weighted by atomic mass is 32.2. The third kappa shape index (κ3) is 5.06. The quantitative estimate of drug-likeness (QED) is 0.499. The molecule has 35 heavy (non-hydrogen) atoms. The first-order chi connectivity index (χ1) is 17.1. The maximum absolute atomic E-state index is 14.3. The fourth-order valence-electron chi connectivity index (χ4n) is 4.57. The van der Waals surface area contributed by atoms with Crippen LogP contribution in [0.1, 0.15) is 22.0 Å². The van der Waals surface area contributed by atoms with Gasteiger partial charge in [-0.3, -0.25) is 9.69 Å². The van der Waals surface area contributed by atoms with E-state index in [4.69, 9.17) is 9.47 Å². The molecular formula is C26H27FN4O3S. The first kappa shape index (κ1) is 23.4. The molecule has 9 heteroatoms. The van der Waals surface area contributed by atoms with Crippen LogP contribution in [0.2, 0.25) is 0 Å². The average molecular weight is 495 g/mol. The summed E-state index contributed by atoms with van der Waals surface area (Å²) in [6.45, 7) is 3.46. The molecule has 0 spiro atoms. The number of aromatic nitrogens is 1. The SMILES string of the molecule is CSc1ncccc1C(=O)NC[C@@H](c1ccc2c(c1)OCO2)N1CCN(c2ccccc2F)CC1.